The van der Waals surface area contributed by atoms with Crippen LogP contribution in [0, 0.1) is 0 Å². The van der Waals surface area contributed by atoms with Crippen LogP contribution in [0.1, 0.15) is 220 Å². The number of hydrogen-bond donors (Lipinski definition) is 6. The third-order valence-electron chi connectivity index (χ3n) is 13.3. The second-order valence-corrected chi connectivity index (χ2v) is 20.3. The van der Waals surface area contributed by atoms with Crippen LogP contribution in [-0.4, -0.2) is 99.6 Å². The fraction of sp³-hybridized carbons (Fsp3) is 0.667. The molecule has 0 aliphatic carbocycles. The lowest BCUT2D eigenvalue weighted by molar-refractivity contribution is -0.305. The predicted molar refractivity (Wildman–Crippen MR) is 319 cm³/mol. The minimum atomic E-state index is -1.65. The summed E-state index contributed by atoms with van der Waals surface area (Å²) in [6.07, 6.45) is 62.4. The molecule has 1 amide bonds. The molecule has 11 nitrogen and oxygen atoms in total. The molecule has 0 bridgehead atoms. The van der Waals surface area contributed by atoms with E-state index in [1.54, 1.807) is 6.08 Å². The number of carbonyl (C=O) groups is 2. The van der Waals surface area contributed by atoms with E-state index in [0.717, 1.165) is 96.3 Å². The van der Waals surface area contributed by atoms with Crippen LogP contribution in [0.2, 0.25) is 0 Å². The lowest BCUT2D eigenvalue weighted by Gasteiger charge is -2.41. The van der Waals surface area contributed by atoms with Crippen molar-refractivity contribution in [2.24, 2.45) is 0 Å². The van der Waals surface area contributed by atoms with E-state index in [4.69, 9.17) is 14.2 Å². The fourth-order valence-electron chi connectivity index (χ4n) is 8.55. The van der Waals surface area contributed by atoms with Crippen molar-refractivity contribution in [1.29, 1.82) is 0 Å². The van der Waals surface area contributed by atoms with Gasteiger partial charge in [0.2, 0.25) is 5.91 Å². The number of carbonyl (C=O) groups excluding carboxylic acids is 2. The van der Waals surface area contributed by atoms with E-state index in [2.05, 4.69) is 123 Å². The van der Waals surface area contributed by atoms with Crippen molar-refractivity contribution in [1.82, 2.24) is 5.32 Å². The van der Waals surface area contributed by atoms with Gasteiger partial charge in [0.25, 0.3) is 0 Å². The summed E-state index contributed by atoms with van der Waals surface area (Å²) >= 11 is 0. The number of amides is 1. The van der Waals surface area contributed by atoms with E-state index in [-0.39, 0.29) is 19.4 Å². The van der Waals surface area contributed by atoms with Crippen LogP contribution < -0.4 is 5.32 Å². The van der Waals surface area contributed by atoms with Gasteiger partial charge in [0.1, 0.15) is 24.4 Å². The number of aliphatic hydroxyl groups is 5. The summed E-state index contributed by atoms with van der Waals surface area (Å²) in [6.45, 7) is 5.58. The Hall–Kier alpha value is -3.94. The minimum Gasteiger partial charge on any atom is -0.454 e. The summed E-state index contributed by atoms with van der Waals surface area (Å²) in [7, 11) is 0. The first kappa shape index (κ1) is 71.1. The highest BCUT2D eigenvalue weighted by Crippen LogP contribution is 2.26. The van der Waals surface area contributed by atoms with Gasteiger partial charge in [-0.3, -0.25) is 9.59 Å². The van der Waals surface area contributed by atoms with Crippen LogP contribution in [0.15, 0.2) is 122 Å². The second-order valence-electron chi connectivity index (χ2n) is 20.3. The van der Waals surface area contributed by atoms with Crippen molar-refractivity contribution in [3.05, 3.63) is 122 Å². The molecule has 0 spiro atoms. The van der Waals surface area contributed by atoms with Gasteiger partial charge >= 0.3 is 5.97 Å². The molecule has 0 aromatic heterocycles. The van der Waals surface area contributed by atoms with Gasteiger partial charge in [0, 0.05) is 6.42 Å². The maximum atomic E-state index is 13.4. The number of hydrogen-bond acceptors (Lipinski definition) is 10. The standard InChI is InChI=1S/C66H109NO10/c1-4-7-10-13-16-19-22-25-27-29-31-32-35-38-41-44-47-50-53-59(70)65(74)67-57(58(69)52-49-46-43-40-37-34-24-21-18-15-12-9-6-3)56-75-66-64(63(73)62(72)60(55-68)76-66)77-61(71)54-51-48-45-42-39-36-33-30-28-26-23-20-17-14-11-8-5-2/h7,10,16-17,19-20,25-28,31-33,36,38,41-42,45,49,52,57-60,62-64,66,68-70,72-73H,4-6,8-9,11-15,18,21-24,29-30,34-35,37,39-40,43-44,46-48,50-51,53-56H2,1-3H3,(H,67,74)/b10-7-,19-16-,20-17-,27-25-,28-26-,32-31-,36-33-,41-38-,45-42-,52-49+. The number of nitrogens with one attached hydrogen (secondary N) is 1. The SMILES string of the molecule is CC/C=C\C/C=C\C/C=C\C/C=C\C/C=C\CCCCC(O)C(=O)NC(COC1OC(CO)C(O)C(O)C1OC(=O)CCC/C=C\C/C=C\C/C=C\C/C=C\CCCCC)C(O)/C=C/CCCCCCCCCCCCC. The largest absolute Gasteiger partial charge is 0.454 e. The van der Waals surface area contributed by atoms with E-state index in [1.807, 2.05) is 18.2 Å². The minimum absolute atomic E-state index is 0.0367. The summed E-state index contributed by atoms with van der Waals surface area (Å²) in [5.74, 6) is -1.30. The van der Waals surface area contributed by atoms with Crippen LogP contribution in [0.25, 0.3) is 0 Å². The molecule has 0 aromatic carbocycles. The summed E-state index contributed by atoms with van der Waals surface area (Å²) in [5, 5.41) is 56.9. The average Bonchev–Trinajstić information content (AvgIpc) is 3.43. The topological polar surface area (TPSA) is 175 Å². The van der Waals surface area contributed by atoms with Crippen molar-refractivity contribution in [2.75, 3.05) is 13.2 Å². The molecule has 8 atom stereocenters. The van der Waals surface area contributed by atoms with E-state index >= 15 is 0 Å². The molecule has 11 heteroatoms. The third-order valence-corrected chi connectivity index (χ3v) is 13.3. The average molecular weight is 1080 g/mol. The Labute approximate surface area is 468 Å². The van der Waals surface area contributed by atoms with Crippen LogP contribution >= 0.6 is 0 Å². The Bertz CT molecular complexity index is 1710. The van der Waals surface area contributed by atoms with Crippen molar-refractivity contribution in [2.45, 2.75) is 269 Å². The predicted octanol–water partition coefficient (Wildman–Crippen LogP) is 14.3. The van der Waals surface area contributed by atoms with Gasteiger partial charge in [-0.25, -0.2) is 0 Å². The van der Waals surface area contributed by atoms with E-state index in [0.29, 0.717) is 19.3 Å². The molecule has 1 saturated heterocycles. The van der Waals surface area contributed by atoms with Gasteiger partial charge < -0.3 is 45.1 Å². The Balaban J connectivity index is 2.79. The van der Waals surface area contributed by atoms with Crippen molar-refractivity contribution in [3.63, 3.8) is 0 Å². The smallest absolute Gasteiger partial charge is 0.306 e. The van der Waals surface area contributed by atoms with Gasteiger partial charge in [-0.15, -0.1) is 0 Å². The highest BCUT2D eigenvalue weighted by molar-refractivity contribution is 5.80. The highest BCUT2D eigenvalue weighted by Gasteiger charge is 2.47. The third kappa shape index (κ3) is 40.8. The van der Waals surface area contributed by atoms with Gasteiger partial charge in [-0.05, 0) is 109 Å². The quantitative estimate of drug-likeness (QED) is 0.0195. The number of rotatable bonds is 49. The zero-order chi connectivity index (χ0) is 56.1. The number of aliphatic hydroxyl groups excluding tert-OH is 5. The van der Waals surface area contributed by atoms with Crippen LogP contribution in [0.5, 0.6) is 0 Å². The molecule has 6 N–H and O–H groups in total. The molecule has 1 aliphatic heterocycles. The highest BCUT2D eigenvalue weighted by atomic mass is 16.7. The van der Waals surface area contributed by atoms with E-state index < -0.39 is 67.4 Å². The fourth-order valence-corrected chi connectivity index (χ4v) is 8.55. The van der Waals surface area contributed by atoms with Gasteiger partial charge in [0.05, 0.1) is 25.4 Å². The monoisotopic (exact) mass is 1080 g/mol. The molecule has 1 rings (SSSR count). The first-order valence-corrected chi connectivity index (χ1v) is 30.3. The molecular weight excluding hydrogens is 967 g/mol. The lowest BCUT2D eigenvalue weighted by Crippen LogP contribution is -2.61. The van der Waals surface area contributed by atoms with Crippen LogP contribution in [-0.2, 0) is 23.8 Å². The summed E-state index contributed by atoms with van der Waals surface area (Å²) < 4.78 is 17.5. The molecule has 0 aromatic rings. The molecule has 0 radical (unpaired) electrons. The second kappa shape index (κ2) is 52.7. The normalized spacial score (nSPS) is 19.9. The Morgan fingerprint density at radius 2 is 0.935 bits per heavy atom. The number of allylic oxidation sites excluding steroid dienone is 19. The summed E-state index contributed by atoms with van der Waals surface area (Å²) in [4.78, 5) is 26.5. The molecule has 1 fully saturated rings. The first-order chi connectivity index (χ1) is 37.7. The molecule has 1 aliphatic rings. The zero-order valence-corrected chi connectivity index (χ0v) is 48.3. The summed E-state index contributed by atoms with van der Waals surface area (Å²) in [6, 6.07) is -1.06. The van der Waals surface area contributed by atoms with Crippen molar-refractivity contribution < 1.29 is 49.3 Å². The Morgan fingerprint density at radius 3 is 1.43 bits per heavy atom. The summed E-state index contributed by atoms with van der Waals surface area (Å²) in [5.41, 5.74) is 0. The number of esters is 1. The molecule has 1 heterocycles. The number of unbranched alkanes of at least 4 members (excludes halogenated alkanes) is 17. The number of ether oxygens (including phenoxy) is 3. The first-order valence-electron chi connectivity index (χ1n) is 30.3. The molecule has 0 saturated carbocycles. The van der Waals surface area contributed by atoms with Crippen molar-refractivity contribution in [3.8, 4) is 0 Å². The molecule has 438 valence electrons. The van der Waals surface area contributed by atoms with Crippen LogP contribution in [0.4, 0.5) is 0 Å². The molecular formula is C66H109NO10. The van der Waals surface area contributed by atoms with E-state index in [1.165, 1.54) is 70.6 Å². The molecule has 8 unspecified atom stereocenters. The Kier molecular flexibility index (Phi) is 48.7. The van der Waals surface area contributed by atoms with E-state index in [9.17, 15) is 35.1 Å². The van der Waals surface area contributed by atoms with Gasteiger partial charge in [-0.1, -0.05) is 226 Å². The Morgan fingerprint density at radius 1 is 0.519 bits per heavy atom. The maximum absolute atomic E-state index is 13.4. The molecule has 77 heavy (non-hydrogen) atoms. The van der Waals surface area contributed by atoms with Gasteiger partial charge in [-0.2, -0.15) is 0 Å². The maximum Gasteiger partial charge on any atom is 0.306 e. The zero-order valence-electron chi connectivity index (χ0n) is 48.3. The lowest BCUT2D eigenvalue weighted by atomic mass is 9.99. The van der Waals surface area contributed by atoms with Gasteiger partial charge in [0.15, 0.2) is 12.4 Å². The van der Waals surface area contributed by atoms with Crippen LogP contribution in [0.3, 0.4) is 0 Å². The van der Waals surface area contributed by atoms with Crippen molar-refractivity contribution >= 4 is 11.9 Å².